The summed E-state index contributed by atoms with van der Waals surface area (Å²) in [6.45, 7) is 0. The van der Waals surface area contributed by atoms with Crippen LogP contribution in [0.1, 0.15) is 6.42 Å². The normalized spacial score (nSPS) is 36.3. The van der Waals surface area contributed by atoms with Crippen molar-refractivity contribution >= 4 is 21.4 Å². The Balaban J connectivity index is 2.84. The molecular weight excluding hydrogens is 186 g/mol. The zero-order chi connectivity index (χ0) is 8.70. The van der Waals surface area contributed by atoms with Gasteiger partial charge in [0.1, 0.15) is 0 Å². The summed E-state index contributed by atoms with van der Waals surface area (Å²) < 4.78 is 21.8. The first kappa shape index (κ1) is 8.82. The van der Waals surface area contributed by atoms with Gasteiger partial charge in [0, 0.05) is 12.1 Å². The van der Waals surface area contributed by atoms with E-state index in [-0.39, 0.29) is 5.88 Å². The lowest BCUT2D eigenvalue weighted by atomic mass is 10.2. The summed E-state index contributed by atoms with van der Waals surface area (Å²) >= 11 is 5.47. The molecule has 0 aromatic carbocycles. The van der Waals surface area contributed by atoms with Crippen LogP contribution in [0.4, 0.5) is 0 Å². The molecule has 0 aromatic heterocycles. The molecule has 0 spiro atoms. The highest BCUT2D eigenvalue weighted by Gasteiger charge is 2.60. The largest absolute Gasteiger partial charge is 0.229 e. The number of rotatable bonds is 2. The van der Waals surface area contributed by atoms with Crippen LogP contribution in [0.3, 0.4) is 0 Å². The lowest BCUT2D eigenvalue weighted by molar-refractivity contribution is 0.595. The third-order valence-corrected chi connectivity index (χ3v) is 4.11. The van der Waals surface area contributed by atoms with Gasteiger partial charge in [-0.05, 0) is 6.42 Å². The van der Waals surface area contributed by atoms with E-state index in [4.69, 9.17) is 16.9 Å². The quantitative estimate of drug-likeness (QED) is 0.602. The van der Waals surface area contributed by atoms with Crippen molar-refractivity contribution in [1.82, 2.24) is 0 Å². The van der Waals surface area contributed by atoms with E-state index in [1.807, 2.05) is 6.07 Å². The molecule has 11 heavy (non-hydrogen) atoms. The number of nitrogens with zero attached hydrogens (tertiary/aromatic N) is 1. The molecule has 1 rings (SSSR count). The van der Waals surface area contributed by atoms with Gasteiger partial charge in [-0.25, -0.2) is 8.42 Å². The lowest BCUT2D eigenvalue weighted by Crippen LogP contribution is -2.14. The highest BCUT2D eigenvalue weighted by atomic mass is 35.5. The number of hydrogen-bond acceptors (Lipinski definition) is 3. The predicted octanol–water partition coefficient (Wildman–Crippen LogP) is 0.552. The van der Waals surface area contributed by atoms with E-state index in [2.05, 4.69) is 0 Å². The van der Waals surface area contributed by atoms with Gasteiger partial charge in [0.2, 0.25) is 0 Å². The van der Waals surface area contributed by atoms with Crippen LogP contribution in [0.2, 0.25) is 0 Å². The van der Waals surface area contributed by atoms with Crippen LogP contribution < -0.4 is 0 Å². The van der Waals surface area contributed by atoms with Crippen molar-refractivity contribution in [2.75, 3.05) is 12.1 Å². The third kappa shape index (κ3) is 1.35. The van der Waals surface area contributed by atoms with Gasteiger partial charge in [-0.3, -0.25) is 0 Å². The van der Waals surface area contributed by atoms with E-state index in [9.17, 15) is 8.42 Å². The number of alkyl halides is 1. The van der Waals surface area contributed by atoms with Gasteiger partial charge in [-0.2, -0.15) is 5.26 Å². The van der Waals surface area contributed by atoms with Gasteiger partial charge in [0.05, 0.1) is 16.7 Å². The Kier molecular flexibility index (Phi) is 1.89. The minimum atomic E-state index is -3.07. The number of halogens is 1. The summed E-state index contributed by atoms with van der Waals surface area (Å²) in [4.78, 5) is 0. The zero-order valence-electron chi connectivity index (χ0n) is 6.04. The monoisotopic (exact) mass is 193 g/mol. The van der Waals surface area contributed by atoms with Gasteiger partial charge < -0.3 is 0 Å². The third-order valence-electron chi connectivity index (χ3n) is 1.98. The first-order valence-corrected chi connectivity index (χ1v) is 5.61. The van der Waals surface area contributed by atoms with E-state index in [0.717, 1.165) is 6.26 Å². The van der Waals surface area contributed by atoms with Crippen molar-refractivity contribution in [1.29, 1.82) is 5.26 Å². The molecule has 62 valence electrons. The summed E-state index contributed by atoms with van der Waals surface area (Å²) in [6.07, 6.45) is 1.54. The average molecular weight is 194 g/mol. The van der Waals surface area contributed by atoms with Gasteiger partial charge in [0.15, 0.2) is 9.84 Å². The van der Waals surface area contributed by atoms with E-state index in [1.54, 1.807) is 0 Å². The Bertz CT molecular complexity index is 305. The second-order valence-corrected chi connectivity index (χ2v) is 5.42. The summed E-state index contributed by atoms with van der Waals surface area (Å²) in [5.41, 5.74) is -0.783. The summed E-state index contributed by atoms with van der Waals surface area (Å²) in [5.74, 6) is 0.112. The maximum absolute atomic E-state index is 10.9. The van der Waals surface area contributed by atoms with Gasteiger partial charge >= 0.3 is 0 Å². The molecule has 0 saturated heterocycles. The Morgan fingerprint density at radius 1 is 1.82 bits per heavy atom. The number of hydrogen-bond donors (Lipinski definition) is 0. The standard InChI is InChI=1S/C6H8ClNO2S/c1-11(9,10)5-2-6(5,3-7)4-8/h5H,2-3H2,1H3. The second kappa shape index (κ2) is 2.36. The van der Waals surface area contributed by atoms with Gasteiger partial charge in [0.25, 0.3) is 0 Å². The van der Waals surface area contributed by atoms with Crippen molar-refractivity contribution in [3.05, 3.63) is 0 Å². The molecule has 3 nitrogen and oxygen atoms in total. The lowest BCUT2D eigenvalue weighted by Gasteiger charge is -1.99. The van der Waals surface area contributed by atoms with Gasteiger partial charge in [-0.1, -0.05) is 0 Å². The topological polar surface area (TPSA) is 57.9 Å². The smallest absolute Gasteiger partial charge is 0.151 e. The molecule has 0 bridgehead atoms. The van der Waals surface area contributed by atoms with E-state index in [0.29, 0.717) is 6.42 Å². The zero-order valence-corrected chi connectivity index (χ0v) is 7.61. The van der Waals surface area contributed by atoms with Crippen LogP contribution in [0, 0.1) is 16.7 Å². The number of nitriles is 1. The minimum absolute atomic E-state index is 0.112. The highest BCUT2D eigenvalue weighted by Crippen LogP contribution is 2.50. The molecule has 0 heterocycles. The van der Waals surface area contributed by atoms with Crippen LogP contribution in [0.5, 0.6) is 0 Å². The Hall–Kier alpha value is -0.270. The Morgan fingerprint density at radius 3 is 2.45 bits per heavy atom. The fraction of sp³-hybridized carbons (Fsp3) is 0.833. The molecule has 0 aliphatic heterocycles. The molecule has 5 heteroatoms. The summed E-state index contributed by atoms with van der Waals surface area (Å²) in [7, 11) is -3.07. The van der Waals surface area contributed by atoms with Crippen molar-refractivity contribution in [3.8, 4) is 6.07 Å². The van der Waals surface area contributed by atoms with Crippen molar-refractivity contribution < 1.29 is 8.42 Å². The molecule has 0 N–H and O–H groups in total. The molecule has 1 aliphatic carbocycles. The van der Waals surface area contributed by atoms with Crippen LogP contribution in [0.15, 0.2) is 0 Å². The molecule has 2 atom stereocenters. The fourth-order valence-electron chi connectivity index (χ4n) is 1.12. The van der Waals surface area contributed by atoms with Crippen LogP contribution >= 0.6 is 11.6 Å². The molecule has 0 aromatic rings. The maximum Gasteiger partial charge on any atom is 0.151 e. The van der Waals surface area contributed by atoms with Crippen molar-refractivity contribution in [2.24, 2.45) is 5.41 Å². The van der Waals surface area contributed by atoms with Crippen LogP contribution in [0.25, 0.3) is 0 Å². The van der Waals surface area contributed by atoms with E-state index < -0.39 is 20.5 Å². The second-order valence-electron chi connectivity index (χ2n) is 2.92. The fourth-order valence-corrected chi connectivity index (χ4v) is 3.12. The predicted molar refractivity (Wildman–Crippen MR) is 42.0 cm³/mol. The Morgan fingerprint density at radius 2 is 2.36 bits per heavy atom. The Labute approximate surface area is 70.9 Å². The first-order valence-electron chi connectivity index (χ1n) is 3.12. The maximum atomic E-state index is 10.9. The molecule has 1 fully saturated rings. The van der Waals surface area contributed by atoms with Crippen LogP contribution in [-0.2, 0) is 9.84 Å². The highest BCUT2D eigenvalue weighted by molar-refractivity contribution is 7.91. The molecule has 2 unspecified atom stereocenters. The van der Waals surface area contributed by atoms with Gasteiger partial charge in [-0.15, -0.1) is 11.6 Å². The summed E-state index contributed by atoms with van der Waals surface area (Å²) in [6, 6.07) is 1.95. The molecule has 1 saturated carbocycles. The van der Waals surface area contributed by atoms with E-state index in [1.165, 1.54) is 0 Å². The first-order chi connectivity index (χ1) is 4.96. The number of sulfone groups is 1. The summed E-state index contributed by atoms with van der Waals surface area (Å²) in [5, 5.41) is 8.06. The van der Waals surface area contributed by atoms with E-state index >= 15 is 0 Å². The molecule has 0 radical (unpaired) electrons. The van der Waals surface area contributed by atoms with Crippen LogP contribution in [-0.4, -0.2) is 25.8 Å². The molecular formula is C6H8ClNO2S. The SMILES string of the molecule is CS(=O)(=O)C1CC1(C#N)CCl. The molecule has 0 amide bonds. The molecule has 1 aliphatic rings. The average Bonchev–Trinajstić information content (AvgIpc) is 2.61. The van der Waals surface area contributed by atoms with Crippen molar-refractivity contribution in [3.63, 3.8) is 0 Å². The van der Waals surface area contributed by atoms with Crippen molar-refractivity contribution in [2.45, 2.75) is 11.7 Å². The minimum Gasteiger partial charge on any atom is -0.229 e.